The highest BCUT2D eigenvalue weighted by Crippen LogP contribution is 2.22. The molecule has 2 aliphatic rings. The quantitative estimate of drug-likeness (QED) is 0.790. The molecule has 2 amide bonds. The highest BCUT2D eigenvalue weighted by Gasteiger charge is 2.41. The van der Waals surface area contributed by atoms with E-state index in [0.717, 1.165) is 19.3 Å². The summed E-state index contributed by atoms with van der Waals surface area (Å²) >= 11 is 0. The van der Waals surface area contributed by atoms with Gasteiger partial charge in [-0.25, -0.2) is 9.59 Å². The molecule has 0 saturated carbocycles. The molecule has 3 atom stereocenters. The van der Waals surface area contributed by atoms with E-state index in [1.807, 2.05) is 6.92 Å². The molecule has 2 aliphatic heterocycles. The maximum absolute atomic E-state index is 12.5. The number of hydrogen-bond acceptors (Lipinski definition) is 4. The van der Waals surface area contributed by atoms with Crippen LogP contribution < -0.4 is 0 Å². The summed E-state index contributed by atoms with van der Waals surface area (Å²) in [6.07, 6.45) is 2.09. The van der Waals surface area contributed by atoms with Crippen LogP contribution in [0.2, 0.25) is 0 Å². The topological polar surface area (TPSA) is 90.3 Å². The Balaban J connectivity index is 1.96. The first-order valence-corrected chi connectivity index (χ1v) is 7.61. The summed E-state index contributed by atoms with van der Waals surface area (Å²) in [5.74, 6) is -1.06. The van der Waals surface area contributed by atoms with Gasteiger partial charge in [-0.1, -0.05) is 6.92 Å². The van der Waals surface area contributed by atoms with Crippen molar-refractivity contribution < 1.29 is 24.5 Å². The van der Waals surface area contributed by atoms with Crippen molar-refractivity contribution in [3.05, 3.63) is 0 Å². The summed E-state index contributed by atoms with van der Waals surface area (Å²) < 4.78 is 5.69. The maximum Gasteiger partial charge on any atom is 0.326 e. The molecule has 7 nitrogen and oxygen atoms in total. The Labute approximate surface area is 124 Å². The lowest BCUT2D eigenvalue weighted by molar-refractivity contribution is -0.141. The Hall–Kier alpha value is -1.34. The number of rotatable bonds is 4. The summed E-state index contributed by atoms with van der Waals surface area (Å²) in [5.41, 5.74) is 0. The van der Waals surface area contributed by atoms with E-state index in [-0.39, 0.29) is 25.1 Å². The summed E-state index contributed by atoms with van der Waals surface area (Å²) in [6.45, 7) is 3.91. The van der Waals surface area contributed by atoms with Gasteiger partial charge in [0.25, 0.3) is 0 Å². The molecule has 2 saturated heterocycles. The molecule has 0 radical (unpaired) electrons. The van der Waals surface area contributed by atoms with Gasteiger partial charge in [-0.2, -0.15) is 0 Å². The third-order valence-electron chi connectivity index (χ3n) is 4.02. The second-order valence-electron chi connectivity index (χ2n) is 5.76. The van der Waals surface area contributed by atoms with E-state index in [1.165, 1.54) is 4.90 Å². The molecule has 2 rings (SSSR count). The Bertz CT molecular complexity index is 390. The minimum Gasteiger partial charge on any atom is -0.480 e. The first-order chi connectivity index (χ1) is 10.0. The zero-order valence-electron chi connectivity index (χ0n) is 12.4. The molecule has 21 heavy (non-hydrogen) atoms. The maximum atomic E-state index is 12.5. The van der Waals surface area contributed by atoms with Gasteiger partial charge in [0.1, 0.15) is 6.04 Å². The molecule has 2 fully saturated rings. The number of nitrogens with zero attached hydrogens (tertiary/aromatic N) is 2. The fourth-order valence-corrected chi connectivity index (χ4v) is 2.97. The largest absolute Gasteiger partial charge is 0.480 e. The highest BCUT2D eigenvalue weighted by molar-refractivity contribution is 5.83. The molecule has 0 spiro atoms. The number of hydrogen-bond donors (Lipinski definition) is 2. The van der Waals surface area contributed by atoms with E-state index >= 15 is 0 Å². The predicted molar refractivity (Wildman–Crippen MR) is 75.0 cm³/mol. The number of β-amino-alcohol motifs (C(OH)–C–C–N with tert-alkyl or cyclic N) is 1. The average molecular weight is 300 g/mol. The summed E-state index contributed by atoms with van der Waals surface area (Å²) in [4.78, 5) is 26.6. The zero-order valence-corrected chi connectivity index (χ0v) is 12.4. The number of likely N-dealkylation sites (tertiary alicyclic amines) is 2. The van der Waals surface area contributed by atoms with Crippen molar-refractivity contribution >= 4 is 12.0 Å². The van der Waals surface area contributed by atoms with Crippen LogP contribution in [-0.2, 0) is 9.53 Å². The van der Waals surface area contributed by atoms with Crippen LogP contribution in [0, 0.1) is 0 Å². The summed E-state index contributed by atoms with van der Waals surface area (Å²) in [6, 6.07) is -1.23. The minimum atomic E-state index is -1.06. The fourth-order valence-electron chi connectivity index (χ4n) is 2.97. The zero-order chi connectivity index (χ0) is 15.4. The van der Waals surface area contributed by atoms with Crippen molar-refractivity contribution in [2.24, 2.45) is 0 Å². The smallest absolute Gasteiger partial charge is 0.326 e. The van der Waals surface area contributed by atoms with Crippen molar-refractivity contribution in [2.75, 3.05) is 26.2 Å². The number of carboxylic acids is 1. The molecule has 0 aliphatic carbocycles. The van der Waals surface area contributed by atoms with Gasteiger partial charge in [0.15, 0.2) is 0 Å². The molecule has 3 unspecified atom stereocenters. The van der Waals surface area contributed by atoms with E-state index in [1.54, 1.807) is 4.90 Å². The number of aliphatic hydroxyl groups is 1. The van der Waals surface area contributed by atoms with Crippen molar-refractivity contribution in [2.45, 2.75) is 50.9 Å². The summed E-state index contributed by atoms with van der Waals surface area (Å²) in [5, 5.41) is 18.8. The van der Waals surface area contributed by atoms with Crippen LogP contribution in [-0.4, -0.2) is 76.5 Å². The first-order valence-electron chi connectivity index (χ1n) is 7.61. The molecule has 0 bridgehead atoms. The number of ether oxygens (including phenoxy) is 1. The number of carbonyl (C=O) groups is 2. The van der Waals surface area contributed by atoms with E-state index in [9.17, 15) is 14.7 Å². The standard InChI is InChI=1S/C14H24N2O5/c1-2-6-21-11-4-3-5-15(9-11)14(20)16-8-10(17)7-12(16)13(18)19/h10-12,17H,2-9H2,1H3,(H,18,19). The number of carbonyl (C=O) groups excluding carboxylic acids is 1. The molecule has 7 heteroatoms. The first kappa shape index (κ1) is 16.0. The van der Waals surface area contributed by atoms with Gasteiger partial charge in [-0.15, -0.1) is 0 Å². The number of aliphatic hydroxyl groups excluding tert-OH is 1. The van der Waals surface area contributed by atoms with E-state index in [2.05, 4.69) is 0 Å². The lowest BCUT2D eigenvalue weighted by Crippen LogP contribution is -2.52. The second kappa shape index (κ2) is 7.09. The fraction of sp³-hybridized carbons (Fsp3) is 0.857. The van der Waals surface area contributed by atoms with Gasteiger partial charge in [-0.05, 0) is 19.3 Å². The Morgan fingerprint density at radius 2 is 2.10 bits per heavy atom. The van der Waals surface area contributed by atoms with E-state index < -0.39 is 18.1 Å². The molecular weight excluding hydrogens is 276 g/mol. The molecular formula is C14H24N2O5. The van der Waals surface area contributed by atoms with Gasteiger partial charge < -0.3 is 24.7 Å². The van der Waals surface area contributed by atoms with Gasteiger partial charge in [0.05, 0.1) is 12.2 Å². The van der Waals surface area contributed by atoms with Crippen LogP contribution in [0.25, 0.3) is 0 Å². The van der Waals surface area contributed by atoms with Crippen molar-refractivity contribution in [1.82, 2.24) is 9.80 Å². The van der Waals surface area contributed by atoms with E-state index in [0.29, 0.717) is 19.7 Å². The lowest BCUT2D eigenvalue weighted by atomic mass is 10.1. The molecule has 0 aromatic heterocycles. The van der Waals surface area contributed by atoms with E-state index in [4.69, 9.17) is 9.84 Å². The van der Waals surface area contributed by atoms with Crippen LogP contribution >= 0.6 is 0 Å². The minimum absolute atomic E-state index is 0.0263. The Kier molecular flexibility index (Phi) is 5.41. The van der Waals surface area contributed by atoms with Gasteiger partial charge >= 0.3 is 12.0 Å². The van der Waals surface area contributed by atoms with Crippen LogP contribution in [0.4, 0.5) is 4.79 Å². The summed E-state index contributed by atoms with van der Waals surface area (Å²) in [7, 11) is 0. The molecule has 0 aromatic carbocycles. The number of aliphatic carboxylic acids is 1. The molecule has 2 N–H and O–H groups in total. The monoisotopic (exact) mass is 300 g/mol. The van der Waals surface area contributed by atoms with Crippen molar-refractivity contribution in [1.29, 1.82) is 0 Å². The number of carboxylic acid groups (broad SMARTS) is 1. The predicted octanol–water partition coefficient (Wildman–Crippen LogP) is 0.517. The second-order valence-corrected chi connectivity index (χ2v) is 5.76. The lowest BCUT2D eigenvalue weighted by Gasteiger charge is -2.36. The van der Waals surface area contributed by atoms with Crippen molar-refractivity contribution in [3.63, 3.8) is 0 Å². The third-order valence-corrected chi connectivity index (χ3v) is 4.02. The normalized spacial score (nSPS) is 29.7. The van der Waals surface area contributed by atoms with Crippen LogP contribution in [0.5, 0.6) is 0 Å². The molecule has 2 heterocycles. The molecule has 120 valence electrons. The molecule has 0 aromatic rings. The number of amides is 2. The average Bonchev–Trinajstić information content (AvgIpc) is 2.87. The van der Waals surface area contributed by atoms with Crippen LogP contribution in [0.3, 0.4) is 0 Å². The number of piperidine rings is 1. The number of urea groups is 1. The Morgan fingerprint density at radius 1 is 1.33 bits per heavy atom. The highest BCUT2D eigenvalue weighted by atomic mass is 16.5. The van der Waals surface area contributed by atoms with Crippen molar-refractivity contribution in [3.8, 4) is 0 Å². The van der Waals surface area contributed by atoms with Gasteiger partial charge in [-0.3, -0.25) is 0 Å². The third kappa shape index (κ3) is 3.85. The van der Waals surface area contributed by atoms with Gasteiger partial charge in [0.2, 0.25) is 0 Å². The SMILES string of the molecule is CCCOC1CCCN(C(=O)N2CC(O)CC2C(=O)O)C1. The van der Waals surface area contributed by atoms with Crippen LogP contribution in [0.1, 0.15) is 32.6 Å². The van der Waals surface area contributed by atoms with Crippen LogP contribution in [0.15, 0.2) is 0 Å². The van der Waals surface area contributed by atoms with Gasteiger partial charge in [0, 0.05) is 32.7 Å². The Morgan fingerprint density at radius 3 is 2.76 bits per heavy atom.